The number of hydrogen-bond donors (Lipinski definition) is 0. The molecule has 0 saturated carbocycles. The van der Waals surface area contributed by atoms with Gasteiger partial charge in [-0.05, 0) is 42.0 Å². The fourth-order valence-electron chi connectivity index (χ4n) is 1.82. The fraction of sp³-hybridized carbons (Fsp3) is 0.250. The van der Waals surface area contributed by atoms with Crippen LogP contribution in [0, 0.1) is 19.8 Å². The molecular formula is C16H18. The molecule has 0 nitrogen and oxygen atoms in total. The molecule has 0 aliphatic heterocycles. The van der Waals surface area contributed by atoms with Gasteiger partial charge in [0.25, 0.3) is 0 Å². The Bertz CT molecular complexity index is 473. The van der Waals surface area contributed by atoms with Gasteiger partial charge in [-0.15, -0.1) is 0 Å². The van der Waals surface area contributed by atoms with Gasteiger partial charge in [-0.3, -0.25) is 0 Å². The standard InChI is InChI=1S/C16H18/c1-12-5-4-6-15(9-7-12)16-10-8-13(2)14(3)11-16/h4-12H,1-3H3. The van der Waals surface area contributed by atoms with Crippen molar-refractivity contribution in [1.82, 2.24) is 0 Å². The van der Waals surface area contributed by atoms with E-state index < -0.39 is 0 Å². The van der Waals surface area contributed by atoms with E-state index in [1.807, 2.05) is 0 Å². The van der Waals surface area contributed by atoms with Gasteiger partial charge in [0, 0.05) is 0 Å². The maximum atomic E-state index is 2.26. The van der Waals surface area contributed by atoms with Crippen LogP contribution in [-0.4, -0.2) is 0 Å². The van der Waals surface area contributed by atoms with Crippen molar-refractivity contribution in [2.24, 2.45) is 5.92 Å². The normalized spacial score (nSPS) is 19.4. The third-order valence-corrected chi connectivity index (χ3v) is 3.11. The van der Waals surface area contributed by atoms with E-state index in [4.69, 9.17) is 0 Å². The summed E-state index contributed by atoms with van der Waals surface area (Å²) in [4.78, 5) is 0. The van der Waals surface area contributed by atoms with E-state index in [0.717, 1.165) is 0 Å². The Labute approximate surface area is 98.0 Å². The van der Waals surface area contributed by atoms with E-state index in [1.165, 1.54) is 22.3 Å². The van der Waals surface area contributed by atoms with Crippen LogP contribution < -0.4 is 0 Å². The second-order valence-corrected chi connectivity index (χ2v) is 4.52. The lowest BCUT2D eigenvalue weighted by Gasteiger charge is -2.05. The molecule has 1 atom stereocenters. The lowest BCUT2D eigenvalue weighted by molar-refractivity contribution is 0.943. The Morgan fingerprint density at radius 3 is 2.56 bits per heavy atom. The summed E-state index contributed by atoms with van der Waals surface area (Å²) in [5.41, 5.74) is 5.31. The maximum absolute atomic E-state index is 2.26. The predicted octanol–water partition coefficient (Wildman–Crippen LogP) is 4.45. The van der Waals surface area contributed by atoms with Crippen LogP contribution in [0.3, 0.4) is 0 Å². The van der Waals surface area contributed by atoms with Gasteiger partial charge < -0.3 is 0 Å². The highest BCUT2D eigenvalue weighted by molar-refractivity contribution is 5.76. The van der Waals surface area contributed by atoms with Crippen molar-refractivity contribution >= 4 is 5.57 Å². The first kappa shape index (κ1) is 10.9. The zero-order valence-electron chi connectivity index (χ0n) is 10.2. The SMILES string of the molecule is Cc1ccc(C2=CC=CC(C)C=C2)cc1C. The van der Waals surface area contributed by atoms with Gasteiger partial charge in [0.05, 0.1) is 0 Å². The number of allylic oxidation sites excluding steroid dienone is 6. The van der Waals surface area contributed by atoms with Gasteiger partial charge in [-0.2, -0.15) is 0 Å². The maximum Gasteiger partial charge on any atom is -0.00754 e. The average molecular weight is 210 g/mol. The first-order valence-corrected chi connectivity index (χ1v) is 5.81. The van der Waals surface area contributed by atoms with E-state index in [1.54, 1.807) is 0 Å². The molecule has 0 spiro atoms. The summed E-state index contributed by atoms with van der Waals surface area (Å²) in [6, 6.07) is 6.65. The molecule has 0 amide bonds. The van der Waals surface area contributed by atoms with Crippen molar-refractivity contribution in [3.63, 3.8) is 0 Å². The molecule has 0 heterocycles. The Balaban J connectivity index is 2.38. The van der Waals surface area contributed by atoms with E-state index in [2.05, 4.69) is 69.4 Å². The zero-order chi connectivity index (χ0) is 11.5. The molecule has 1 aromatic carbocycles. The minimum Gasteiger partial charge on any atom is -0.0779 e. The molecule has 1 aliphatic carbocycles. The van der Waals surface area contributed by atoms with Crippen LogP contribution in [0.1, 0.15) is 23.6 Å². The molecule has 0 radical (unpaired) electrons. The van der Waals surface area contributed by atoms with Crippen LogP contribution in [-0.2, 0) is 0 Å². The van der Waals surface area contributed by atoms with Gasteiger partial charge in [-0.25, -0.2) is 0 Å². The first-order chi connectivity index (χ1) is 7.66. The quantitative estimate of drug-likeness (QED) is 0.642. The molecular weight excluding hydrogens is 192 g/mol. The molecule has 82 valence electrons. The van der Waals surface area contributed by atoms with Crippen molar-refractivity contribution < 1.29 is 0 Å². The van der Waals surface area contributed by atoms with Crippen molar-refractivity contribution in [2.45, 2.75) is 20.8 Å². The number of hydrogen-bond acceptors (Lipinski definition) is 0. The van der Waals surface area contributed by atoms with Crippen molar-refractivity contribution in [3.8, 4) is 0 Å². The molecule has 16 heavy (non-hydrogen) atoms. The average Bonchev–Trinajstić information content (AvgIpc) is 2.47. The summed E-state index contributed by atoms with van der Waals surface area (Å²) >= 11 is 0. The van der Waals surface area contributed by atoms with Crippen LogP contribution in [0.15, 0.2) is 48.6 Å². The highest BCUT2D eigenvalue weighted by Crippen LogP contribution is 2.22. The van der Waals surface area contributed by atoms with Gasteiger partial charge >= 0.3 is 0 Å². The van der Waals surface area contributed by atoms with Gasteiger partial charge in [0.15, 0.2) is 0 Å². The molecule has 0 fully saturated rings. The predicted molar refractivity (Wildman–Crippen MR) is 71.3 cm³/mol. The second-order valence-electron chi connectivity index (χ2n) is 4.52. The summed E-state index contributed by atoms with van der Waals surface area (Å²) in [5, 5.41) is 0. The summed E-state index contributed by atoms with van der Waals surface area (Å²) in [5.74, 6) is 0.528. The molecule has 1 aliphatic rings. The van der Waals surface area contributed by atoms with Crippen molar-refractivity contribution in [3.05, 3.63) is 65.3 Å². The monoisotopic (exact) mass is 210 g/mol. The lowest BCUT2D eigenvalue weighted by Crippen LogP contribution is -1.86. The molecule has 1 aromatic rings. The number of aryl methyl sites for hydroxylation is 2. The molecule has 0 heteroatoms. The van der Waals surface area contributed by atoms with E-state index in [9.17, 15) is 0 Å². The largest absolute Gasteiger partial charge is 0.0779 e. The topological polar surface area (TPSA) is 0 Å². The highest BCUT2D eigenvalue weighted by atomic mass is 14.1. The third-order valence-electron chi connectivity index (χ3n) is 3.11. The molecule has 2 rings (SSSR count). The van der Waals surface area contributed by atoms with Crippen LogP contribution in [0.25, 0.3) is 5.57 Å². The van der Waals surface area contributed by atoms with Gasteiger partial charge in [0.1, 0.15) is 0 Å². The number of rotatable bonds is 1. The summed E-state index contributed by atoms with van der Waals surface area (Å²) in [6.07, 6.45) is 11.0. The van der Waals surface area contributed by atoms with E-state index in [0.29, 0.717) is 5.92 Å². The van der Waals surface area contributed by atoms with E-state index >= 15 is 0 Å². The molecule has 0 aromatic heterocycles. The van der Waals surface area contributed by atoms with E-state index in [-0.39, 0.29) is 0 Å². The van der Waals surface area contributed by atoms with Crippen LogP contribution in [0.5, 0.6) is 0 Å². The lowest BCUT2D eigenvalue weighted by atomic mass is 10.00. The Hall–Kier alpha value is -1.56. The molecule has 1 unspecified atom stereocenters. The van der Waals surface area contributed by atoms with Crippen LogP contribution in [0.2, 0.25) is 0 Å². The molecule has 0 saturated heterocycles. The van der Waals surface area contributed by atoms with Gasteiger partial charge in [-0.1, -0.05) is 55.5 Å². The van der Waals surface area contributed by atoms with Crippen LogP contribution in [0.4, 0.5) is 0 Å². The van der Waals surface area contributed by atoms with Crippen LogP contribution >= 0.6 is 0 Å². The second kappa shape index (κ2) is 4.52. The minimum atomic E-state index is 0.528. The van der Waals surface area contributed by atoms with Crippen molar-refractivity contribution in [2.75, 3.05) is 0 Å². The highest BCUT2D eigenvalue weighted by Gasteiger charge is 2.02. The minimum absolute atomic E-state index is 0.528. The van der Waals surface area contributed by atoms with Gasteiger partial charge in [0.2, 0.25) is 0 Å². The fourth-order valence-corrected chi connectivity index (χ4v) is 1.82. The summed E-state index contributed by atoms with van der Waals surface area (Å²) < 4.78 is 0. The van der Waals surface area contributed by atoms with Crippen molar-refractivity contribution in [1.29, 1.82) is 0 Å². The third kappa shape index (κ3) is 2.33. The molecule has 0 bridgehead atoms. The first-order valence-electron chi connectivity index (χ1n) is 5.81. The zero-order valence-corrected chi connectivity index (χ0v) is 10.2. The smallest absolute Gasteiger partial charge is 0.00754 e. The summed E-state index contributed by atoms with van der Waals surface area (Å²) in [7, 11) is 0. The Kier molecular flexibility index (Phi) is 3.09. The summed E-state index contributed by atoms with van der Waals surface area (Å²) in [6.45, 7) is 6.51. The number of benzene rings is 1. The Morgan fingerprint density at radius 1 is 1.00 bits per heavy atom. The Morgan fingerprint density at radius 2 is 1.81 bits per heavy atom. The molecule has 0 N–H and O–H groups in total.